The van der Waals surface area contributed by atoms with Crippen LogP contribution >= 0.6 is 15.9 Å². The third-order valence-corrected chi connectivity index (χ3v) is 4.59. The summed E-state index contributed by atoms with van der Waals surface area (Å²) in [6.07, 6.45) is 1.68. The number of benzene rings is 1. The van der Waals surface area contributed by atoms with Crippen molar-refractivity contribution >= 4 is 15.9 Å². The molecule has 0 N–H and O–H groups in total. The van der Waals surface area contributed by atoms with Crippen LogP contribution in [0.5, 0.6) is 5.75 Å². The Morgan fingerprint density at radius 3 is 2.44 bits per heavy atom. The first kappa shape index (κ1) is 13.9. The van der Waals surface area contributed by atoms with Crippen molar-refractivity contribution in [2.24, 2.45) is 5.92 Å². The van der Waals surface area contributed by atoms with Gasteiger partial charge in [-0.15, -0.1) is 0 Å². The number of hydrogen-bond acceptors (Lipinski definition) is 2. The van der Waals surface area contributed by atoms with E-state index in [1.54, 1.807) is 0 Å². The number of alkyl halides is 1. The second-order valence-electron chi connectivity index (χ2n) is 5.17. The highest BCUT2D eigenvalue weighted by atomic mass is 79.9. The van der Waals surface area contributed by atoms with Gasteiger partial charge >= 0.3 is 0 Å². The molecule has 1 fully saturated rings. The molecule has 0 radical (unpaired) electrons. The lowest BCUT2D eigenvalue weighted by Gasteiger charge is -2.21. The van der Waals surface area contributed by atoms with Gasteiger partial charge in [0.05, 0.1) is 12.2 Å². The molecule has 0 bridgehead atoms. The lowest BCUT2D eigenvalue weighted by Crippen LogP contribution is -2.16. The Hall–Kier alpha value is -0.540. The molecule has 0 amide bonds. The van der Waals surface area contributed by atoms with Crippen LogP contribution in [0.2, 0.25) is 0 Å². The Labute approximate surface area is 118 Å². The van der Waals surface area contributed by atoms with E-state index in [-0.39, 0.29) is 6.10 Å². The van der Waals surface area contributed by atoms with E-state index in [0.717, 1.165) is 18.8 Å². The lowest BCUT2D eigenvalue weighted by molar-refractivity contribution is 0.105. The van der Waals surface area contributed by atoms with Gasteiger partial charge in [-0.25, -0.2) is 0 Å². The zero-order valence-corrected chi connectivity index (χ0v) is 12.8. The fourth-order valence-corrected chi connectivity index (χ4v) is 3.38. The highest BCUT2D eigenvalue weighted by Gasteiger charge is 2.31. The molecule has 1 aliphatic heterocycles. The van der Waals surface area contributed by atoms with Gasteiger partial charge in [0.25, 0.3) is 0 Å². The molecule has 0 saturated carbocycles. The fourth-order valence-electron chi connectivity index (χ4n) is 2.38. The highest BCUT2D eigenvalue weighted by Crippen LogP contribution is 2.39. The van der Waals surface area contributed by atoms with Crippen molar-refractivity contribution in [3.05, 3.63) is 29.8 Å². The summed E-state index contributed by atoms with van der Waals surface area (Å²) < 4.78 is 11.3. The molecule has 3 atom stereocenters. The monoisotopic (exact) mass is 312 g/mol. The largest absolute Gasteiger partial charge is 0.491 e. The summed E-state index contributed by atoms with van der Waals surface area (Å²) in [5, 5.41) is 0. The first-order valence-corrected chi connectivity index (χ1v) is 7.52. The SMILES string of the molecule is CC(C)Oc1ccc(C(Br)C2CCOC2C)cc1. The van der Waals surface area contributed by atoms with Crippen LogP contribution in [0.4, 0.5) is 0 Å². The molecule has 100 valence electrons. The van der Waals surface area contributed by atoms with Crippen molar-refractivity contribution < 1.29 is 9.47 Å². The van der Waals surface area contributed by atoms with Gasteiger partial charge in [-0.3, -0.25) is 0 Å². The summed E-state index contributed by atoms with van der Waals surface area (Å²) in [5.41, 5.74) is 1.30. The number of halogens is 1. The third-order valence-electron chi connectivity index (χ3n) is 3.38. The van der Waals surface area contributed by atoms with E-state index in [2.05, 4.69) is 35.0 Å². The molecule has 3 heteroatoms. The normalized spacial score (nSPS) is 25.4. The van der Waals surface area contributed by atoms with E-state index in [0.29, 0.717) is 16.8 Å². The van der Waals surface area contributed by atoms with E-state index in [4.69, 9.17) is 9.47 Å². The maximum Gasteiger partial charge on any atom is 0.119 e. The average Bonchev–Trinajstić information content (AvgIpc) is 2.75. The Morgan fingerprint density at radius 2 is 1.94 bits per heavy atom. The Balaban J connectivity index is 2.04. The van der Waals surface area contributed by atoms with Crippen LogP contribution in [0.1, 0.15) is 37.6 Å². The van der Waals surface area contributed by atoms with Crippen molar-refractivity contribution in [1.82, 2.24) is 0 Å². The van der Waals surface area contributed by atoms with Gasteiger partial charge in [0, 0.05) is 17.4 Å². The van der Waals surface area contributed by atoms with Crippen LogP contribution in [-0.2, 0) is 4.74 Å². The van der Waals surface area contributed by atoms with Crippen molar-refractivity contribution in [2.45, 2.75) is 44.2 Å². The number of rotatable bonds is 4. The first-order valence-electron chi connectivity index (χ1n) is 6.60. The van der Waals surface area contributed by atoms with Gasteiger partial charge in [0.1, 0.15) is 5.75 Å². The van der Waals surface area contributed by atoms with Crippen LogP contribution < -0.4 is 4.74 Å². The number of ether oxygens (including phenoxy) is 2. The predicted molar refractivity (Wildman–Crippen MR) is 77.4 cm³/mol. The second-order valence-corrected chi connectivity index (χ2v) is 6.15. The minimum absolute atomic E-state index is 0.221. The van der Waals surface area contributed by atoms with Crippen molar-refractivity contribution in [2.75, 3.05) is 6.61 Å². The minimum Gasteiger partial charge on any atom is -0.491 e. The van der Waals surface area contributed by atoms with E-state index < -0.39 is 0 Å². The van der Waals surface area contributed by atoms with Gasteiger partial charge in [0.2, 0.25) is 0 Å². The van der Waals surface area contributed by atoms with E-state index >= 15 is 0 Å². The van der Waals surface area contributed by atoms with Crippen LogP contribution in [0, 0.1) is 5.92 Å². The fraction of sp³-hybridized carbons (Fsp3) is 0.600. The molecule has 1 heterocycles. The zero-order valence-electron chi connectivity index (χ0n) is 11.2. The maximum atomic E-state index is 5.66. The molecule has 1 aromatic carbocycles. The summed E-state index contributed by atoms with van der Waals surface area (Å²) in [4.78, 5) is 0.364. The second kappa shape index (κ2) is 6.07. The standard InChI is InChI=1S/C15H21BrO2/c1-10(2)18-13-6-4-12(5-7-13)15(16)14-8-9-17-11(14)3/h4-7,10-11,14-15H,8-9H2,1-3H3. The lowest BCUT2D eigenvalue weighted by atomic mass is 9.94. The Morgan fingerprint density at radius 1 is 1.28 bits per heavy atom. The van der Waals surface area contributed by atoms with Crippen molar-refractivity contribution in [1.29, 1.82) is 0 Å². The summed E-state index contributed by atoms with van der Waals surface area (Å²) in [7, 11) is 0. The van der Waals surface area contributed by atoms with Gasteiger partial charge in [0.15, 0.2) is 0 Å². The van der Waals surface area contributed by atoms with E-state index in [9.17, 15) is 0 Å². The number of hydrogen-bond donors (Lipinski definition) is 0. The topological polar surface area (TPSA) is 18.5 Å². The molecule has 1 aromatic rings. The molecule has 1 aliphatic rings. The molecule has 1 saturated heterocycles. The minimum atomic E-state index is 0.221. The van der Waals surface area contributed by atoms with Crippen LogP contribution in [0.3, 0.4) is 0 Å². The van der Waals surface area contributed by atoms with Crippen LogP contribution in [0.15, 0.2) is 24.3 Å². The van der Waals surface area contributed by atoms with E-state index in [1.165, 1.54) is 5.56 Å². The molecule has 3 unspecified atom stereocenters. The highest BCUT2D eigenvalue weighted by molar-refractivity contribution is 9.09. The van der Waals surface area contributed by atoms with Gasteiger partial charge in [-0.05, 0) is 44.9 Å². The summed E-state index contributed by atoms with van der Waals surface area (Å²) in [6.45, 7) is 7.11. The van der Waals surface area contributed by atoms with Gasteiger partial charge < -0.3 is 9.47 Å². The molecule has 2 rings (SSSR count). The van der Waals surface area contributed by atoms with Gasteiger partial charge in [-0.2, -0.15) is 0 Å². The third kappa shape index (κ3) is 3.27. The maximum absolute atomic E-state index is 5.66. The summed E-state index contributed by atoms with van der Waals surface area (Å²) in [5.74, 6) is 1.49. The Kier molecular flexibility index (Phi) is 4.68. The average molecular weight is 313 g/mol. The van der Waals surface area contributed by atoms with Crippen molar-refractivity contribution in [3.8, 4) is 5.75 Å². The first-order chi connectivity index (χ1) is 8.58. The molecule has 0 aliphatic carbocycles. The quantitative estimate of drug-likeness (QED) is 0.770. The van der Waals surface area contributed by atoms with E-state index in [1.807, 2.05) is 26.0 Å². The summed E-state index contributed by atoms with van der Waals surface area (Å²) in [6, 6.07) is 8.37. The molecular weight excluding hydrogens is 292 g/mol. The molecular formula is C15H21BrO2. The predicted octanol–water partition coefficient (Wildman–Crippen LogP) is 4.33. The molecule has 0 aromatic heterocycles. The van der Waals surface area contributed by atoms with Crippen molar-refractivity contribution in [3.63, 3.8) is 0 Å². The van der Waals surface area contributed by atoms with Gasteiger partial charge in [-0.1, -0.05) is 28.1 Å². The summed E-state index contributed by atoms with van der Waals surface area (Å²) >= 11 is 3.81. The molecule has 2 nitrogen and oxygen atoms in total. The molecule has 0 spiro atoms. The molecule has 18 heavy (non-hydrogen) atoms. The van der Waals surface area contributed by atoms with Crippen LogP contribution in [-0.4, -0.2) is 18.8 Å². The van der Waals surface area contributed by atoms with Crippen LogP contribution in [0.25, 0.3) is 0 Å². The Bertz CT molecular complexity index is 375. The zero-order chi connectivity index (χ0) is 13.1. The smallest absolute Gasteiger partial charge is 0.119 e.